The van der Waals surface area contributed by atoms with E-state index in [9.17, 15) is 4.79 Å². The molecule has 0 spiro atoms. The van der Waals surface area contributed by atoms with Gasteiger partial charge in [-0.2, -0.15) is 0 Å². The molecule has 2 heterocycles. The molecule has 3 nitrogen and oxygen atoms in total. The molecule has 0 radical (unpaired) electrons. The fraction of sp³-hybridized carbons (Fsp3) is 0.0769. The molecule has 5 heteroatoms. The summed E-state index contributed by atoms with van der Waals surface area (Å²) >= 11 is 11.6. The van der Waals surface area contributed by atoms with Gasteiger partial charge in [0, 0.05) is 10.8 Å². The summed E-state index contributed by atoms with van der Waals surface area (Å²) in [5.74, 6) is 0.776. The molecule has 0 aliphatic heterocycles. The lowest BCUT2D eigenvalue weighted by Gasteiger charge is -2.02. The van der Waals surface area contributed by atoms with Crippen molar-refractivity contribution in [2.24, 2.45) is 0 Å². The number of benzene rings is 1. The Hall–Kier alpha value is -1.58. The fourth-order valence-corrected chi connectivity index (χ4v) is 2.32. The maximum atomic E-state index is 11.2. The summed E-state index contributed by atoms with van der Waals surface area (Å²) < 4.78 is 5.60. The number of carbonyl (C=O) groups is 1. The van der Waals surface area contributed by atoms with Gasteiger partial charge in [0.25, 0.3) is 5.24 Å². The van der Waals surface area contributed by atoms with Gasteiger partial charge >= 0.3 is 0 Å². The molecule has 0 aliphatic rings. The highest BCUT2D eigenvalue weighted by Crippen LogP contribution is 2.31. The molecule has 90 valence electrons. The molecule has 0 atom stereocenters. The number of aryl methyl sites for hydroxylation is 1. The van der Waals surface area contributed by atoms with Crippen LogP contribution in [0.3, 0.4) is 0 Å². The highest BCUT2D eigenvalue weighted by Gasteiger charge is 2.13. The lowest BCUT2D eigenvalue weighted by Crippen LogP contribution is -1.95. The second-order valence-electron chi connectivity index (χ2n) is 4.00. The minimum absolute atomic E-state index is 0.121. The third kappa shape index (κ3) is 1.67. The largest absolute Gasteiger partial charge is 0.459 e. The predicted molar refractivity (Wildman–Crippen MR) is 71.4 cm³/mol. The molecule has 3 aromatic rings. The van der Waals surface area contributed by atoms with Gasteiger partial charge in [-0.25, -0.2) is 4.98 Å². The number of hydrogen-bond donors (Lipinski definition) is 0. The van der Waals surface area contributed by atoms with E-state index >= 15 is 0 Å². The van der Waals surface area contributed by atoms with E-state index in [4.69, 9.17) is 27.6 Å². The molecule has 0 amide bonds. The van der Waals surface area contributed by atoms with Crippen LogP contribution in [-0.4, -0.2) is 10.2 Å². The van der Waals surface area contributed by atoms with Crippen LogP contribution in [0.15, 0.2) is 28.7 Å². The van der Waals surface area contributed by atoms with E-state index in [2.05, 4.69) is 4.98 Å². The van der Waals surface area contributed by atoms with Crippen molar-refractivity contribution >= 4 is 50.3 Å². The van der Waals surface area contributed by atoms with Crippen molar-refractivity contribution in [1.29, 1.82) is 0 Å². The third-order valence-electron chi connectivity index (χ3n) is 2.74. The van der Waals surface area contributed by atoms with Crippen molar-refractivity contribution in [1.82, 2.24) is 4.98 Å². The first kappa shape index (κ1) is 11.5. The average molecular weight is 280 g/mol. The molecular weight excluding hydrogens is 273 g/mol. The number of hydrogen-bond acceptors (Lipinski definition) is 3. The normalized spacial score (nSPS) is 11.3. The van der Waals surface area contributed by atoms with Crippen LogP contribution in [0.25, 0.3) is 21.9 Å². The quantitative estimate of drug-likeness (QED) is 0.623. The zero-order valence-electron chi connectivity index (χ0n) is 9.33. The number of halogens is 2. The van der Waals surface area contributed by atoms with Gasteiger partial charge in [-0.05, 0) is 30.7 Å². The molecular formula is C13H7Cl2NO2. The first-order chi connectivity index (χ1) is 8.56. The van der Waals surface area contributed by atoms with Crippen LogP contribution in [-0.2, 0) is 0 Å². The van der Waals surface area contributed by atoms with Gasteiger partial charge in [0.15, 0.2) is 5.58 Å². The van der Waals surface area contributed by atoms with Gasteiger partial charge in [0.2, 0.25) is 0 Å². The molecule has 0 unspecified atom stereocenters. The number of carbonyl (C=O) groups excluding carboxylic acids is 1. The van der Waals surface area contributed by atoms with Gasteiger partial charge in [-0.1, -0.05) is 23.7 Å². The standard InChI is InChI=1S/C13H7Cl2NO2/c1-6-4-7-2-3-8-9(14)5-10(13(15)17)16-11(8)12(7)18-6/h2-5H,1H3. The highest BCUT2D eigenvalue weighted by atomic mass is 35.5. The fourth-order valence-electron chi connectivity index (χ4n) is 1.97. The van der Waals surface area contributed by atoms with Crippen LogP contribution >= 0.6 is 23.2 Å². The highest BCUT2D eigenvalue weighted by molar-refractivity contribution is 6.67. The molecule has 0 N–H and O–H groups in total. The Morgan fingerprint density at radius 2 is 2.11 bits per heavy atom. The lowest BCUT2D eigenvalue weighted by atomic mass is 10.1. The van der Waals surface area contributed by atoms with E-state index in [0.29, 0.717) is 16.1 Å². The van der Waals surface area contributed by atoms with Crippen LogP contribution < -0.4 is 0 Å². The minimum atomic E-state index is -0.640. The SMILES string of the molecule is Cc1cc2ccc3c(Cl)cc(C(=O)Cl)nc3c2o1. The van der Waals surface area contributed by atoms with Crippen LogP contribution in [0.2, 0.25) is 5.02 Å². The Morgan fingerprint density at radius 3 is 2.83 bits per heavy atom. The Morgan fingerprint density at radius 1 is 1.33 bits per heavy atom. The summed E-state index contributed by atoms with van der Waals surface area (Å²) in [5.41, 5.74) is 1.29. The van der Waals surface area contributed by atoms with E-state index in [-0.39, 0.29) is 5.69 Å². The van der Waals surface area contributed by atoms with E-state index in [1.165, 1.54) is 6.07 Å². The summed E-state index contributed by atoms with van der Waals surface area (Å²) in [6, 6.07) is 7.12. The Balaban J connectivity index is 2.50. The monoisotopic (exact) mass is 279 g/mol. The van der Waals surface area contributed by atoms with Crippen LogP contribution in [0.4, 0.5) is 0 Å². The third-order valence-corrected chi connectivity index (χ3v) is 3.24. The first-order valence-corrected chi connectivity index (χ1v) is 6.01. The number of aromatic nitrogens is 1. The first-order valence-electron chi connectivity index (χ1n) is 5.25. The van der Waals surface area contributed by atoms with Crippen LogP contribution in [0.1, 0.15) is 16.2 Å². The second-order valence-corrected chi connectivity index (χ2v) is 4.75. The number of furan rings is 1. The number of pyridine rings is 1. The summed E-state index contributed by atoms with van der Waals surface area (Å²) in [6.45, 7) is 1.85. The molecule has 0 saturated heterocycles. The summed E-state index contributed by atoms with van der Waals surface area (Å²) in [7, 11) is 0. The van der Waals surface area contributed by atoms with Crippen LogP contribution in [0.5, 0.6) is 0 Å². The molecule has 18 heavy (non-hydrogen) atoms. The van der Waals surface area contributed by atoms with Crippen molar-refractivity contribution in [2.75, 3.05) is 0 Å². The minimum Gasteiger partial charge on any atom is -0.459 e. The zero-order chi connectivity index (χ0) is 12.9. The Labute approximate surface area is 112 Å². The molecule has 0 bridgehead atoms. The zero-order valence-corrected chi connectivity index (χ0v) is 10.8. The van der Waals surface area contributed by atoms with Gasteiger partial charge in [-0.3, -0.25) is 4.79 Å². The molecule has 3 rings (SSSR count). The van der Waals surface area contributed by atoms with E-state index in [0.717, 1.165) is 16.5 Å². The smallest absolute Gasteiger partial charge is 0.270 e. The predicted octanol–water partition coefficient (Wildman–Crippen LogP) is 4.32. The summed E-state index contributed by atoms with van der Waals surface area (Å²) in [4.78, 5) is 15.4. The van der Waals surface area contributed by atoms with Crippen molar-refractivity contribution in [3.63, 3.8) is 0 Å². The summed E-state index contributed by atoms with van der Waals surface area (Å²) in [6.07, 6.45) is 0. The van der Waals surface area contributed by atoms with Gasteiger partial charge in [0.1, 0.15) is 17.0 Å². The van der Waals surface area contributed by atoms with Crippen molar-refractivity contribution < 1.29 is 9.21 Å². The van der Waals surface area contributed by atoms with Crippen molar-refractivity contribution in [3.05, 3.63) is 40.7 Å². The topological polar surface area (TPSA) is 43.1 Å². The molecule has 0 saturated carbocycles. The maximum absolute atomic E-state index is 11.2. The van der Waals surface area contributed by atoms with Crippen molar-refractivity contribution in [2.45, 2.75) is 6.92 Å². The Bertz CT molecular complexity index is 792. The van der Waals surface area contributed by atoms with Crippen LogP contribution in [0, 0.1) is 6.92 Å². The number of fused-ring (bicyclic) bond motifs is 3. The van der Waals surface area contributed by atoms with Crippen molar-refractivity contribution in [3.8, 4) is 0 Å². The number of rotatable bonds is 1. The maximum Gasteiger partial charge on any atom is 0.270 e. The van der Waals surface area contributed by atoms with Gasteiger partial charge in [-0.15, -0.1) is 0 Å². The van der Waals surface area contributed by atoms with E-state index in [1.54, 1.807) is 0 Å². The van der Waals surface area contributed by atoms with E-state index in [1.807, 2.05) is 25.1 Å². The molecule has 2 aromatic heterocycles. The molecule has 1 aromatic carbocycles. The van der Waals surface area contributed by atoms with Gasteiger partial charge < -0.3 is 4.42 Å². The molecule has 0 aliphatic carbocycles. The number of nitrogens with zero attached hydrogens (tertiary/aromatic N) is 1. The van der Waals surface area contributed by atoms with Gasteiger partial charge in [0.05, 0.1) is 5.02 Å². The lowest BCUT2D eigenvalue weighted by molar-refractivity contribution is 0.107. The summed E-state index contributed by atoms with van der Waals surface area (Å²) in [5, 5.41) is 1.45. The molecule has 0 fully saturated rings. The Kier molecular flexibility index (Phi) is 2.54. The van der Waals surface area contributed by atoms with E-state index < -0.39 is 5.24 Å². The average Bonchev–Trinajstić information content (AvgIpc) is 2.69. The second kappa shape index (κ2) is 3.97.